The van der Waals surface area contributed by atoms with Crippen LogP contribution in [-0.4, -0.2) is 6.09 Å². The van der Waals surface area contributed by atoms with Crippen LogP contribution in [0, 0.1) is 0 Å². The molecule has 0 bridgehead atoms. The Balaban J connectivity index is 2.37. The molecule has 12 heavy (non-hydrogen) atoms. The maximum absolute atomic E-state index is 11.0. The molecule has 2 heterocycles. The zero-order valence-corrected chi connectivity index (χ0v) is 7.48. The van der Waals surface area contributed by atoms with Crippen LogP contribution in [0.2, 0.25) is 0 Å². The highest BCUT2D eigenvalue weighted by molar-refractivity contribution is 7.12. The van der Waals surface area contributed by atoms with Crippen LogP contribution in [0.5, 0.6) is 5.06 Å². The standard InChI is InChI=1S/C8H9NO2S/c1-2-6-5-3-4-12-7(5)11-8(10)9-6/h3-4,6H,2H2,1H3,(H,9,10). The molecule has 0 spiro atoms. The number of hydrogen-bond acceptors (Lipinski definition) is 3. The summed E-state index contributed by atoms with van der Waals surface area (Å²) >= 11 is 1.47. The van der Waals surface area contributed by atoms with E-state index in [1.807, 2.05) is 18.4 Å². The monoisotopic (exact) mass is 183 g/mol. The van der Waals surface area contributed by atoms with Crippen molar-refractivity contribution >= 4 is 17.4 Å². The molecule has 0 saturated carbocycles. The van der Waals surface area contributed by atoms with E-state index < -0.39 is 0 Å². The topological polar surface area (TPSA) is 38.3 Å². The number of rotatable bonds is 1. The highest BCUT2D eigenvalue weighted by Gasteiger charge is 2.25. The largest absolute Gasteiger partial charge is 0.413 e. The molecule has 1 aromatic heterocycles. The van der Waals surface area contributed by atoms with Gasteiger partial charge in [0.2, 0.25) is 0 Å². The maximum Gasteiger partial charge on any atom is 0.413 e. The minimum absolute atomic E-state index is 0.132. The first kappa shape index (κ1) is 7.61. The van der Waals surface area contributed by atoms with Crippen molar-refractivity contribution in [3.8, 4) is 5.06 Å². The number of nitrogens with one attached hydrogen (secondary N) is 1. The van der Waals surface area contributed by atoms with Crippen LogP contribution in [0.15, 0.2) is 11.4 Å². The van der Waals surface area contributed by atoms with Crippen LogP contribution in [0.3, 0.4) is 0 Å². The van der Waals surface area contributed by atoms with Crippen molar-refractivity contribution in [2.24, 2.45) is 0 Å². The normalized spacial score (nSPS) is 21.1. The molecule has 0 fully saturated rings. The van der Waals surface area contributed by atoms with E-state index in [2.05, 4.69) is 5.32 Å². The van der Waals surface area contributed by atoms with E-state index in [1.54, 1.807) is 0 Å². The van der Waals surface area contributed by atoms with Gasteiger partial charge in [-0.05, 0) is 17.9 Å². The minimum atomic E-state index is -0.336. The molecule has 64 valence electrons. The lowest BCUT2D eigenvalue weighted by Crippen LogP contribution is -2.34. The molecule has 1 unspecified atom stereocenters. The first-order chi connectivity index (χ1) is 5.81. The van der Waals surface area contributed by atoms with E-state index >= 15 is 0 Å². The Morgan fingerprint density at radius 2 is 2.58 bits per heavy atom. The molecular formula is C8H9NO2S. The molecular weight excluding hydrogens is 174 g/mol. The lowest BCUT2D eigenvalue weighted by molar-refractivity contribution is 0.190. The van der Waals surface area contributed by atoms with Crippen molar-refractivity contribution in [1.82, 2.24) is 5.32 Å². The van der Waals surface area contributed by atoms with Crippen molar-refractivity contribution in [3.63, 3.8) is 0 Å². The van der Waals surface area contributed by atoms with E-state index in [9.17, 15) is 4.79 Å². The van der Waals surface area contributed by atoms with Crippen molar-refractivity contribution < 1.29 is 9.53 Å². The number of carbonyl (C=O) groups is 1. The van der Waals surface area contributed by atoms with Crippen LogP contribution >= 0.6 is 11.3 Å². The van der Waals surface area contributed by atoms with E-state index in [1.165, 1.54) is 11.3 Å². The van der Waals surface area contributed by atoms with Gasteiger partial charge in [-0.1, -0.05) is 6.92 Å². The third-order valence-corrected chi connectivity index (χ3v) is 2.72. The molecule has 1 amide bonds. The molecule has 1 aromatic rings. The van der Waals surface area contributed by atoms with Crippen LogP contribution in [0.1, 0.15) is 24.9 Å². The molecule has 0 aliphatic carbocycles. The van der Waals surface area contributed by atoms with Gasteiger partial charge in [-0.15, -0.1) is 11.3 Å². The van der Waals surface area contributed by atoms with Gasteiger partial charge in [-0.2, -0.15) is 0 Å². The quantitative estimate of drug-likeness (QED) is 0.725. The van der Waals surface area contributed by atoms with Gasteiger partial charge >= 0.3 is 6.09 Å². The van der Waals surface area contributed by atoms with Crippen molar-refractivity contribution in [2.75, 3.05) is 0 Å². The van der Waals surface area contributed by atoms with Crippen molar-refractivity contribution in [3.05, 3.63) is 17.0 Å². The van der Waals surface area contributed by atoms with Gasteiger partial charge in [0.05, 0.1) is 6.04 Å². The fourth-order valence-corrected chi connectivity index (χ4v) is 2.11. The third kappa shape index (κ3) is 1.08. The van der Waals surface area contributed by atoms with Crippen molar-refractivity contribution in [1.29, 1.82) is 0 Å². The number of thiophene rings is 1. The summed E-state index contributed by atoms with van der Waals surface area (Å²) < 4.78 is 4.97. The summed E-state index contributed by atoms with van der Waals surface area (Å²) in [5.74, 6) is 0. The van der Waals surface area contributed by atoms with Gasteiger partial charge < -0.3 is 10.1 Å². The van der Waals surface area contributed by atoms with Gasteiger partial charge in [-0.25, -0.2) is 4.79 Å². The molecule has 1 aliphatic heterocycles. The number of carbonyl (C=O) groups excluding carboxylic acids is 1. The number of ether oxygens (including phenoxy) is 1. The minimum Gasteiger partial charge on any atom is -0.399 e. The van der Waals surface area contributed by atoms with Gasteiger partial charge in [0.1, 0.15) is 0 Å². The smallest absolute Gasteiger partial charge is 0.399 e. The third-order valence-electron chi connectivity index (χ3n) is 1.92. The zero-order chi connectivity index (χ0) is 8.55. The molecule has 0 radical (unpaired) electrons. The number of fused-ring (bicyclic) bond motifs is 1. The average molecular weight is 183 g/mol. The molecule has 0 saturated heterocycles. The van der Waals surface area contributed by atoms with Crippen LogP contribution in [-0.2, 0) is 0 Å². The fraction of sp³-hybridized carbons (Fsp3) is 0.375. The second kappa shape index (κ2) is 2.79. The summed E-state index contributed by atoms with van der Waals surface area (Å²) in [6.07, 6.45) is 0.565. The Kier molecular flexibility index (Phi) is 1.77. The average Bonchev–Trinajstić information content (AvgIpc) is 2.50. The molecule has 2 rings (SSSR count). The highest BCUT2D eigenvalue weighted by atomic mass is 32.1. The van der Waals surface area contributed by atoms with Crippen LogP contribution < -0.4 is 10.1 Å². The van der Waals surface area contributed by atoms with E-state index in [-0.39, 0.29) is 12.1 Å². The molecule has 1 aliphatic rings. The Labute approximate surface area is 74.4 Å². The first-order valence-corrected chi connectivity index (χ1v) is 4.75. The van der Waals surface area contributed by atoms with E-state index in [0.717, 1.165) is 17.0 Å². The predicted octanol–water partition coefficient (Wildman–Crippen LogP) is 2.30. The Morgan fingerprint density at radius 1 is 1.75 bits per heavy atom. The molecule has 4 heteroatoms. The van der Waals surface area contributed by atoms with E-state index in [4.69, 9.17) is 4.74 Å². The van der Waals surface area contributed by atoms with Crippen molar-refractivity contribution in [2.45, 2.75) is 19.4 Å². The summed E-state index contributed by atoms with van der Waals surface area (Å²) in [4.78, 5) is 11.0. The van der Waals surface area contributed by atoms with Crippen LogP contribution in [0.25, 0.3) is 0 Å². The van der Waals surface area contributed by atoms with Crippen LogP contribution in [0.4, 0.5) is 4.79 Å². The Hall–Kier alpha value is -1.03. The van der Waals surface area contributed by atoms with Gasteiger partial charge in [0, 0.05) is 5.56 Å². The maximum atomic E-state index is 11.0. The van der Waals surface area contributed by atoms with E-state index in [0.29, 0.717) is 0 Å². The van der Waals surface area contributed by atoms with Gasteiger partial charge in [-0.3, -0.25) is 0 Å². The summed E-state index contributed by atoms with van der Waals surface area (Å²) in [7, 11) is 0. The molecule has 1 N–H and O–H groups in total. The Bertz CT molecular complexity index is 308. The second-order valence-corrected chi connectivity index (χ2v) is 3.54. The molecule has 0 aromatic carbocycles. The number of hydrogen-bond donors (Lipinski definition) is 1. The summed E-state index contributed by atoms with van der Waals surface area (Å²) in [6.45, 7) is 2.04. The SMILES string of the molecule is CCC1NC(=O)Oc2sccc21. The highest BCUT2D eigenvalue weighted by Crippen LogP contribution is 2.35. The lowest BCUT2D eigenvalue weighted by atomic mass is 10.1. The molecule has 1 atom stereocenters. The second-order valence-electron chi connectivity index (χ2n) is 2.66. The predicted molar refractivity (Wildman–Crippen MR) is 46.5 cm³/mol. The Morgan fingerprint density at radius 3 is 3.33 bits per heavy atom. The summed E-state index contributed by atoms with van der Waals surface area (Å²) in [5, 5.41) is 5.43. The number of amides is 1. The van der Waals surface area contributed by atoms with Gasteiger partial charge in [0.25, 0.3) is 0 Å². The summed E-state index contributed by atoms with van der Waals surface area (Å²) in [6, 6.07) is 2.13. The first-order valence-electron chi connectivity index (χ1n) is 3.87. The summed E-state index contributed by atoms with van der Waals surface area (Å²) in [5.41, 5.74) is 1.10. The fourth-order valence-electron chi connectivity index (χ4n) is 1.30. The van der Waals surface area contributed by atoms with Gasteiger partial charge in [0.15, 0.2) is 5.06 Å². The zero-order valence-electron chi connectivity index (χ0n) is 6.66. The lowest BCUT2D eigenvalue weighted by Gasteiger charge is -2.21. The molecule has 3 nitrogen and oxygen atoms in total.